The number of amides is 1. The molecule has 1 heterocycles. The van der Waals surface area contributed by atoms with Gasteiger partial charge in [0.25, 0.3) is 0 Å². The second-order valence-electron chi connectivity index (χ2n) is 5.27. The van der Waals surface area contributed by atoms with Crippen molar-refractivity contribution in [3.63, 3.8) is 0 Å². The van der Waals surface area contributed by atoms with Crippen molar-refractivity contribution in [2.24, 2.45) is 11.1 Å². The van der Waals surface area contributed by atoms with E-state index in [0.717, 1.165) is 5.56 Å². The van der Waals surface area contributed by atoms with Gasteiger partial charge < -0.3 is 15.8 Å². The Labute approximate surface area is 108 Å². The normalized spacial score (nSPS) is 12.9. The Morgan fingerprint density at radius 1 is 1.56 bits per heavy atom. The van der Waals surface area contributed by atoms with Crippen LogP contribution in [0.15, 0.2) is 18.3 Å². The molecule has 0 aromatic carbocycles. The Kier molecular flexibility index (Phi) is 4.67. The van der Waals surface area contributed by atoms with Gasteiger partial charge in [0, 0.05) is 18.8 Å². The van der Waals surface area contributed by atoms with E-state index in [-0.39, 0.29) is 11.3 Å². The number of nitrogens with two attached hydrogens (primary N) is 1. The van der Waals surface area contributed by atoms with Crippen LogP contribution >= 0.6 is 0 Å². The third kappa shape index (κ3) is 4.00. The topological polar surface area (TPSA) is 77.2 Å². The molecule has 0 fully saturated rings. The summed E-state index contributed by atoms with van der Waals surface area (Å²) < 4.78 is 5.01. The molecule has 0 aliphatic heterocycles. The average Bonchev–Trinajstić information content (AvgIpc) is 2.34. The van der Waals surface area contributed by atoms with Crippen molar-refractivity contribution >= 4 is 5.91 Å². The Balaban J connectivity index is 2.57. The van der Waals surface area contributed by atoms with Crippen LogP contribution in [0.5, 0.6) is 5.88 Å². The maximum atomic E-state index is 11.8. The van der Waals surface area contributed by atoms with E-state index in [9.17, 15) is 4.79 Å². The minimum absolute atomic E-state index is 0.154. The van der Waals surface area contributed by atoms with Crippen LogP contribution in [-0.2, 0) is 11.3 Å². The van der Waals surface area contributed by atoms with Crippen LogP contribution in [0.4, 0.5) is 0 Å². The monoisotopic (exact) mass is 251 g/mol. The summed E-state index contributed by atoms with van der Waals surface area (Å²) >= 11 is 0. The molecule has 0 aliphatic carbocycles. The third-order valence-corrected chi connectivity index (χ3v) is 2.69. The fourth-order valence-electron chi connectivity index (χ4n) is 1.36. The second-order valence-corrected chi connectivity index (χ2v) is 5.27. The first-order chi connectivity index (χ1) is 8.34. The van der Waals surface area contributed by atoms with Gasteiger partial charge in [-0.3, -0.25) is 4.79 Å². The van der Waals surface area contributed by atoms with Gasteiger partial charge >= 0.3 is 0 Å². The highest BCUT2D eigenvalue weighted by Gasteiger charge is 2.27. The van der Waals surface area contributed by atoms with Crippen LogP contribution in [0.1, 0.15) is 26.3 Å². The van der Waals surface area contributed by atoms with Gasteiger partial charge in [0.1, 0.15) is 0 Å². The largest absolute Gasteiger partial charge is 0.481 e. The second kappa shape index (κ2) is 5.82. The SMILES string of the molecule is COc1cc(CNC(=O)C(N)C(C)(C)C)ccn1. The molecular weight excluding hydrogens is 230 g/mol. The van der Waals surface area contributed by atoms with Gasteiger partial charge in [-0.25, -0.2) is 4.98 Å². The molecule has 1 rings (SSSR count). The molecule has 1 atom stereocenters. The van der Waals surface area contributed by atoms with E-state index in [2.05, 4.69) is 10.3 Å². The zero-order chi connectivity index (χ0) is 13.8. The Hall–Kier alpha value is -1.62. The van der Waals surface area contributed by atoms with E-state index in [1.807, 2.05) is 26.8 Å². The van der Waals surface area contributed by atoms with E-state index in [0.29, 0.717) is 12.4 Å². The van der Waals surface area contributed by atoms with Gasteiger partial charge in [-0.05, 0) is 17.0 Å². The summed E-state index contributed by atoms with van der Waals surface area (Å²) in [7, 11) is 1.56. The van der Waals surface area contributed by atoms with E-state index in [4.69, 9.17) is 10.5 Å². The predicted molar refractivity (Wildman–Crippen MR) is 70.1 cm³/mol. The van der Waals surface area contributed by atoms with Crippen LogP contribution in [0.3, 0.4) is 0 Å². The van der Waals surface area contributed by atoms with Crippen molar-refractivity contribution in [3.8, 4) is 5.88 Å². The number of carbonyl (C=O) groups excluding carboxylic acids is 1. The van der Waals surface area contributed by atoms with Crippen LogP contribution in [0.25, 0.3) is 0 Å². The molecule has 18 heavy (non-hydrogen) atoms. The minimum Gasteiger partial charge on any atom is -0.481 e. The fourth-order valence-corrected chi connectivity index (χ4v) is 1.36. The first-order valence-corrected chi connectivity index (χ1v) is 5.87. The molecule has 3 N–H and O–H groups in total. The first-order valence-electron chi connectivity index (χ1n) is 5.87. The van der Waals surface area contributed by atoms with E-state index < -0.39 is 6.04 Å². The van der Waals surface area contributed by atoms with Gasteiger partial charge in [0.2, 0.25) is 11.8 Å². The van der Waals surface area contributed by atoms with Crippen LogP contribution in [0, 0.1) is 5.41 Å². The highest BCUT2D eigenvalue weighted by Crippen LogP contribution is 2.17. The molecule has 0 spiro atoms. The van der Waals surface area contributed by atoms with Crippen LogP contribution in [-0.4, -0.2) is 24.0 Å². The smallest absolute Gasteiger partial charge is 0.237 e. The number of hydrogen-bond acceptors (Lipinski definition) is 4. The number of hydrogen-bond donors (Lipinski definition) is 2. The van der Waals surface area contributed by atoms with Gasteiger partial charge in [0.15, 0.2) is 0 Å². The van der Waals surface area contributed by atoms with Crippen molar-refractivity contribution in [2.75, 3.05) is 7.11 Å². The van der Waals surface area contributed by atoms with Crippen molar-refractivity contribution in [3.05, 3.63) is 23.9 Å². The molecule has 1 aromatic rings. The summed E-state index contributed by atoms with van der Waals surface area (Å²) in [5.74, 6) is 0.375. The molecule has 0 bridgehead atoms. The Morgan fingerprint density at radius 2 is 2.22 bits per heavy atom. The summed E-state index contributed by atoms with van der Waals surface area (Å²) in [5, 5.41) is 2.81. The predicted octanol–water partition coefficient (Wildman–Crippen LogP) is 1.08. The number of rotatable bonds is 4. The Bertz CT molecular complexity index is 413. The maximum Gasteiger partial charge on any atom is 0.237 e. The van der Waals surface area contributed by atoms with Crippen molar-refractivity contribution in [1.29, 1.82) is 0 Å². The summed E-state index contributed by atoms with van der Waals surface area (Å²) in [5.41, 5.74) is 6.54. The molecule has 0 aliphatic rings. The lowest BCUT2D eigenvalue weighted by Crippen LogP contribution is -2.48. The molecule has 5 nitrogen and oxygen atoms in total. The number of ether oxygens (including phenoxy) is 1. The van der Waals surface area contributed by atoms with E-state index in [1.165, 1.54) is 0 Å². The number of pyridine rings is 1. The van der Waals surface area contributed by atoms with Crippen LogP contribution in [0.2, 0.25) is 0 Å². The van der Waals surface area contributed by atoms with Crippen molar-refractivity contribution in [2.45, 2.75) is 33.4 Å². The first kappa shape index (κ1) is 14.4. The molecule has 0 saturated heterocycles. The molecule has 1 unspecified atom stereocenters. The third-order valence-electron chi connectivity index (χ3n) is 2.69. The Morgan fingerprint density at radius 3 is 2.78 bits per heavy atom. The summed E-state index contributed by atoms with van der Waals surface area (Å²) in [6.07, 6.45) is 1.64. The van der Waals surface area contributed by atoms with Crippen LogP contribution < -0.4 is 15.8 Å². The zero-order valence-corrected chi connectivity index (χ0v) is 11.4. The highest BCUT2D eigenvalue weighted by atomic mass is 16.5. The van der Waals surface area contributed by atoms with Gasteiger partial charge in [-0.15, -0.1) is 0 Å². The zero-order valence-electron chi connectivity index (χ0n) is 11.4. The molecule has 0 radical (unpaired) electrons. The summed E-state index contributed by atoms with van der Waals surface area (Å²) in [4.78, 5) is 15.8. The van der Waals surface area contributed by atoms with E-state index in [1.54, 1.807) is 19.4 Å². The molecule has 1 amide bonds. The molecule has 0 saturated carbocycles. The van der Waals surface area contributed by atoms with Gasteiger partial charge in [-0.2, -0.15) is 0 Å². The fraction of sp³-hybridized carbons (Fsp3) is 0.538. The van der Waals surface area contributed by atoms with Gasteiger partial charge in [-0.1, -0.05) is 20.8 Å². The molecule has 5 heteroatoms. The number of nitrogens with one attached hydrogen (secondary N) is 1. The number of carbonyl (C=O) groups is 1. The lowest BCUT2D eigenvalue weighted by Gasteiger charge is -2.25. The standard InChI is InChI=1S/C13H21N3O2/c1-13(2,3)11(14)12(17)16-8-9-5-6-15-10(7-9)18-4/h5-7,11H,8,14H2,1-4H3,(H,16,17). The quantitative estimate of drug-likeness (QED) is 0.839. The molecule has 1 aromatic heterocycles. The lowest BCUT2D eigenvalue weighted by molar-refractivity contribution is -0.124. The highest BCUT2D eigenvalue weighted by molar-refractivity contribution is 5.82. The molecular formula is C13H21N3O2. The molecule has 100 valence electrons. The van der Waals surface area contributed by atoms with Gasteiger partial charge in [0.05, 0.1) is 13.2 Å². The maximum absolute atomic E-state index is 11.8. The minimum atomic E-state index is -0.527. The lowest BCUT2D eigenvalue weighted by atomic mass is 9.87. The van der Waals surface area contributed by atoms with E-state index >= 15 is 0 Å². The number of methoxy groups -OCH3 is 1. The summed E-state index contributed by atoms with van der Waals surface area (Å²) in [6, 6.07) is 3.08. The number of nitrogens with zero attached hydrogens (tertiary/aromatic N) is 1. The van der Waals surface area contributed by atoms with Crippen molar-refractivity contribution in [1.82, 2.24) is 10.3 Å². The number of aromatic nitrogens is 1. The summed E-state index contributed by atoms with van der Waals surface area (Å²) in [6.45, 7) is 6.23. The van der Waals surface area contributed by atoms with Crippen molar-refractivity contribution < 1.29 is 9.53 Å². The average molecular weight is 251 g/mol.